The second-order valence-corrected chi connectivity index (χ2v) is 9.56. The first-order chi connectivity index (χ1) is 16.0. The average molecular weight is 452 g/mol. The predicted molar refractivity (Wildman–Crippen MR) is 128 cm³/mol. The molecule has 9 nitrogen and oxygen atoms in total. The van der Waals surface area contributed by atoms with Gasteiger partial charge in [0, 0.05) is 31.2 Å². The van der Waals surface area contributed by atoms with Crippen LogP contribution in [0.1, 0.15) is 55.1 Å². The van der Waals surface area contributed by atoms with Gasteiger partial charge in [-0.05, 0) is 57.2 Å². The molecule has 2 saturated heterocycles. The maximum atomic E-state index is 12.3. The summed E-state index contributed by atoms with van der Waals surface area (Å²) in [5.74, 6) is 0.162. The zero-order valence-corrected chi connectivity index (χ0v) is 19.3. The number of piperidine rings is 1. The molecule has 0 spiro atoms. The standard InChI is InChI=1S/C24H33N7O2/c1-24(31-9-11-33-12-10-31)6-4-16(5-7-24)19-13-18(22(25)32)20-21(30-19)23(28-15-27-20)29-17-3-2-8-26-14-17/h4,13,15,17,26H,2-3,5-12,14H2,1H3,(H2,25,32)(H,27,28,29)/t17-,24?/m0/s1. The molecule has 9 heteroatoms. The van der Waals surface area contributed by atoms with Crippen molar-refractivity contribution in [3.05, 3.63) is 29.7 Å². The topological polar surface area (TPSA) is 118 Å². The number of fused-ring (bicyclic) bond motifs is 1. The van der Waals surface area contributed by atoms with Crippen LogP contribution in [0, 0.1) is 0 Å². The van der Waals surface area contributed by atoms with Gasteiger partial charge in [-0.2, -0.15) is 0 Å². The van der Waals surface area contributed by atoms with Crippen molar-refractivity contribution >= 4 is 28.3 Å². The summed E-state index contributed by atoms with van der Waals surface area (Å²) in [6, 6.07) is 2.06. The van der Waals surface area contributed by atoms with Gasteiger partial charge in [-0.25, -0.2) is 15.0 Å². The number of nitrogens with two attached hydrogens (primary N) is 1. The Bertz CT molecular complexity index is 1060. The molecular formula is C24H33N7O2. The van der Waals surface area contributed by atoms with Crippen LogP contribution in [0.3, 0.4) is 0 Å². The molecule has 4 N–H and O–H groups in total. The summed E-state index contributed by atoms with van der Waals surface area (Å²) in [5, 5.41) is 6.92. The van der Waals surface area contributed by atoms with Crippen molar-refractivity contribution < 1.29 is 9.53 Å². The Morgan fingerprint density at radius 1 is 1.30 bits per heavy atom. The van der Waals surface area contributed by atoms with E-state index < -0.39 is 5.91 Å². The summed E-state index contributed by atoms with van der Waals surface area (Å²) in [6.07, 6.45) is 8.80. The van der Waals surface area contributed by atoms with Gasteiger partial charge in [-0.1, -0.05) is 6.08 Å². The first-order valence-corrected chi connectivity index (χ1v) is 12.0. The van der Waals surface area contributed by atoms with E-state index in [0.29, 0.717) is 22.4 Å². The number of rotatable bonds is 5. The van der Waals surface area contributed by atoms with Crippen LogP contribution in [0.25, 0.3) is 16.6 Å². The molecule has 5 rings (SSSR count). The van der Waals surface area contributed by atoms with Crippen molar-refractivity contribution in [2.24, 2.45) is 5.73 Å². The molecule has 0 bridgehead atoms. The number of anilines is 1. The number of ether oxygens (including phenoxy) is 1. The molecule has 1 unspecified atom stereocenters. The number of hydrogen-bond donors (Lipinski definition) is 3. The van der Waals surface area contributed by atoms with Gasteiger partial charge in [0.05, 0.1) is 24.5 Å². The van der Waals surface area contributed by atoms with Crippen LogP contribution in [-0.4, -0.2) is 76.7 Å². The number of allylic oxidation sites excluding steroid dienone is 1. The number of hydrogen-bond acceptors (Lipinski definition) is 8. The Labute approximate surface area is 194 Å². The Balaban J connectivity index is 1.48. The molecule has 2 aliphatic heterocycles. The molecule has 0 radical (unpaired) electrons. The van der Waals surface area contributed by atoms with Gasteiger partial charge in [0.2, 0.25) is 0 Å². The van der Waals surface area contributed by atoms with E-state index >= 15 is 0 Å². The molecule has 0 aromatic carbocycles. The lowest BCUT2D eigenvalue weighted by Crippen LogP contribution is -2.52. The predicted octanol–water partition coefficient (Wildman–Crippen LogP) is 1.95. The van der Waals surface area contributed by atoms with Gasteiger partial charge in [-0.15, -0.1) is 0 Å². The third-order valence-electron chi connectivity index (χ3n) is 7.32. The first kappa shape index (κ1) is 22.2. The number of primary amides is 1. The van der Waals surface area contributed by atoms with Crippen molar-refractivity contribution in [1.29, 1.82) is 0 Å². The van der Waals surface area contributed by atoms with E-state index in [9.17, 15) is 4.79 Å². The quantitative estimate of drug-likeness (QED) is 0.631. The van der Waals surface area contributed by atoms with Crippen LogP contribution in [0.15, 0.2) is 18.5 Å². The number of carbonyl (C=O) groups excluding carboxylic acids is 1. The van der Waals surface area contributed by atoms with E-state index in [1.807, 2.05) is 0 Å². The highest BCUT2D eigenvalue weighted by Gasteiger charge is 2.34. The minimum absolute atomic E-state index is 0.125. The Morgan fingerprint density at radius 2 is 2.15 bits per heavy atom. The first-order valence-electron chi connectivity index (χ1n) is 12.0. The van der Waals surface area contributed by atoms with Crippen LogP contribution >= 0.6 is 0 Å². The minimum atomic E-state index is -0.498. The van der Waals surface area contributed by atoms with Crippen LogP contribution in [0.2, 0.25) is 0 Å². The zero-order valence-electron chi connectivity index (χ0n) is 19.3. The average Bonchev–Trinajstić information content (AvgIpc) is 2.85. The molecule has 176 valence electrons. The van der Waals surface area contributed by atoms with Gasteiger partial charge in [0.15, 0.2) is 5.82 Å². The SMILES string of the molecule is CC1(N2CCOCC2)CC=C(c2cc(C(N)=O)c3ncnc(N[C@H]4CCCNC4)c3n2)CC1. The summed E-state index contributed by atoms with van der Waals surface area (Å²) in [7, 11) is 0. The number of nitrogens with one attached hydrogen (secondary N) is 2. The molecule has 3 aliphatic rings. The monoisotopic (exact) mass is 451 g/mol. The van der Waals surface area contributed by atoms with Crippen molar-refractivity contribution in [3.8, 4) is 0 Å². The van der Waals surface area contributed by atoms with Crippen LogP contribution in [0.4, 0.5) is 5.82 Å². The number of nitrogens with zero attached hydrogens (tertiary/aromatic N) is 4. The molecule has 4 heterocycles. The minimum Gasteiger partial charge on any atom is -0.379 e. The van der Waals surface area contributed by atoms with E-state index in [1.165, 1.54) is 6.33 Å². The van der Waals surface area contributed by atoms with Gasteiger partial charge >= 0.3 is 0 Å². The molecule has 33 heavy (non-hydrogen) atoms. The molecule has 2 fully saturated rings. The fourth-order valence-electron chi connectivity index (χ4n) is 5.24. The van der Waals surface area contributed by atoms with Crippen molar-refractivity contribution in [3.63, 3.8) is 0 Å². The molecule has 1 aliphatic carbocycles. The Morgan fingerprint density at radius 3 is 2.85 bits per heavy atom. The Kier molecular flexibility index (Phi) is 6.27. The lowest BCUT2D eigenvalue weighted by Gasteiger charge is -2.45. The molecule has 1 amide bonds. The van der Waals surface area contributed by atoms with Crippen LogP contribution in [-0.2, 0) is 4.74 Å². The maximum absolute atomic E-state index is 12.3. The van der Waals surface area contributed by atoms with E-state index in [4.69, 9.17) is 15.5 Å². The van der Waals surface area contributed by atoms with Crippen LogP contribution in [0.5, 0.6) is 0 Å². The number of carbonyl (C=O) groups is 1. The molecule has 2 atom stereocenters. The molecular weight excluding hydrogens is 418 g/mol. The smallest absolute Gasteiger partial charge is 0.251 e. The molecule has 0 saturated carbocycles. The van der Waals surface area contributed by atoms with Gasteiger partial charge < -0.3 is 21.1 Å². The summed E-state index contributed by atoms with van der Waals surface area (Å²) < 4.78 is 5.54. The second-order valence-electron chi connectivity index (χ2n) is 9.56. The third kappa shape index (κ3) is 4.58. The highest BCUT2D eigenvalue weighted by molar-refractivity contribution is 6.06. The maximum Gasteiger partial charge on any atom is 0.251 e. The highest BCUT2D eigenvalue weighted by Crippen LogP contribution is 2.37. The fraction of sp³-hybridized carbons (Fsp3) is 0.583. The summed E-state index contributed by atoms with van der Waals surface area (Å²) in [4.78, 5) is 28.6. The molecule has 2 aromatic rings. The summed E-state index contributed by atoms with van der Waals surface area (Å²) in [6.45, 7) is 7.79. The highest BCUT2D eigenvalue weighted by atomic mass is 16.5. The van der Waals surface area contributed by atoms with Crippen molar-refractivity contribution in [1.82, 2.24) is 25.2 Å². The van der Waals surface area contributed by atoms with E-state index in [1.54, 1.807) is 6.07 Å². The van der Waals surface area contributed by atoms with E-state index in [2.05, 4.69) is 38.5 Å². The van der Waals surface area contributed by atoms with Gasteiger partial charge in [0.25, 0.3) is 5.91 Å². The lowest BCUT2D eigenvalue weighted by molar-refractivity contribution is -0.0190. The van der Waals surface area contributed by atoms with E-state index in [0.717, 1.165) is 82.8 Å². The fourth-order valence-corrected chi connectivity index (χ4v) is 5.24. The lowest BCUT2D eigenvalue weighted by atomic mass is 9.81. The number of pyridine rings is 1. The van der Waals surface area contributed by atoms with Crippen molar-refractivity contribution in [2.45, 2.75) is 50.6 Å². The Hall–Kier alpha value is -2.62. The number of morpholine rings is 1. The van der Waals surface area contributed by atoms with Gasteiger partial charge in [0.1, 0.15) is 17.4 Å². The normalized spacial score (nSPS) is 26.7. The largest absolute Gasteiger partial charge is 0.379 e. The van der Waals surface area contributed by atoms with E-state index in [-0.39, 0.29) is 11.6 Å². The molecule has 2 aromatic heterocycles. The number of aromatic nitrogens is 3. The summed E-state index contributed by atoms with van der Waals surface area (Å²) in [5.41, 5.74) is 9.33. The van der Waals surface area contributed by atoms with Crippen molar-refractivity contribution in [2.75, 3.05) is 44.7 Å². The zero-order chi connectivity index (χ0) is 22.8. The third-order valence-corrected chi connectivity index (χ3v) is 7.32. The van der Waals surface area contributed by atoms with Gasteiger partial charge in [-0.3, -0.25) is 9.69 Å². The number of amides is 1. The summed E-state index contributed by atoms with van der Waals surface area (Å²) >= 11 is 0. The second kappa shape index (κ2) is 9.32. The van der Waals surface area contributed by atoms with Crippen LogP contribution < -0.4 is 16.4 Å².